The average molecular weight is 209 g/mol. The van der Waals surface area contributed by atoms with Crippen molar-refractivity contribution in [1.29, 1.82) is 0 Å². The lowest BCUT2D eigenvalue weighted by atomic mass is 10.0. The van der Waals surface area contributed by atoms with Gasteiger partial charge in [0.25, 0.3) is 0 Å². The Labute approximate surface area is 88.5 Å². The Morgan fingerprint density at radius 2 is 2.07 bits per heavy atom. The highest BCUT2D eigenvalue weighted by Crippen LogP contribution is 2.20. The van der Waals surface area contributed by atoms with Gasteiger partial charge in [0, 0.05) is 11.6 Å². The molecule has 0 aliphatic carbocycles. The molecule has 0 aliphatic heterocycles. The Hall–Kier alpha value is -1.40. The molecular weight excluding hydrogens is 196 g/mol. The molecule has 3 heteroatoms. The summed E-state index contributed by atoms with van der Waals surface area (Å²) in [6.07, 6.45) is 5.27. The van der Waals surface area contributed by atoms with E-state index in [1.54, 1.807) is 6.92 Å². The molecule has 0 heterocycles. The number of benzene rings is 1. The lowest BCUT2D eigenvalue weighted by molar-refractivity contribution is 0.547. The standard InChI is InChI=1S/C12H13F2N/c1-4-12(15-5-2)9-6-8(3)10(13)7-11(9)14/h1,6-7,12,15H,5H2,2-3H3. The Balaban J connectivity index is 3.13. The van der Waals surface area contributed by atoms with Gasteiger partial charge in [-0.25, -0.2) is 8.78 Å². The minimum atomic E-state index is -0.609. The molecule has 0 aromatic heterocycles. The van der Waals surface area contributed by atoms with Crippen LogP contribution in [0.25, 0.3) is 0 Å². The Morgan fingerprint density at radius 1 is 1.40 bits per heavy atom. The molecule has 1 aromatic rings. The van der Waals surface area contributed by atoms with Crippen molar-refractivity contribution in [3.05, 3.63) is 34.9 Å². The molecule has 1 aromatic carbocycles. The van der Waals surface area contributed by atoms with E-state index in [1.807, 2.05) is 6.92 Å². The van der Waals surface area contributed by atoms with Crippen LogP contribution in [0.3, 0.4) is 0 Å². The summed E-state index contributed by atoms with van der Waals surface area (Å²) in [5.74, 6) is 1.27. The summed E-state index contributed by atoms with van der Waals surface area (Å²) >= 11 is 0. The molecule has 0 saturated heterocycles. The molecule has 15 heavy (non-hydrogen) atoms. The van der Waals surface area contributed by atoms with E-state index < -0.39 is 17.7 Å². The fourth-order valence-electron chi connectivity index (χ4n) is 1.36. The van der Waals surface area contributed by atoms with Crippen LogP contribution in [0, 0.1) is 30.9 Å². The Bertz CT molecular complexity index is 393. The topological polar surface area (TPSA) is 12.0 Å². The van der Waals surface area contributed by atoms with Crippen molar-refractivity contribution in [2.24, 2.45) is 0 Å². The van der Waals surface area contributed by atoms with Gasteiger partial charge in [-0.1, -0.05) is 12.8 Å². The zero-order valence-electron chi connectivity index (χ0n) is 8.77. The van der Waals surface area contributed by atoms with Crippen LogP contribution in [-0.2, 0) is 0 Å². The van der Waals surface area contributed by atoms with E-state index in [0.717, 1.165) is 6.07 Å². The first-order valence-electron chi connectivity index (χ1n) is 4.75. The highest BCUT2D eigenvalue weighted by molar-refractivity contribution is 5.32. The number of nitrogens with one attached hydrogen (secondary N) is 1. The Kier molecular flexibility index (Phi) is 3.81. The first kappa shape index (κ1) is 11.7. The number of rotatable bonds is 3. The molecule has 0 spiro atoms. The van der Waals surface area contributed by atoms with Crippen LogP contribution in [0.4, 0.5) is 8.78 Å². The van der Waals surface area contributed by atoms with Crippen molar-refractivity contribution < 1.29 is 8.78 Å². The van der Waals surface area contributed by atoms with Crippen molar-refractivity contribution in [2.45, 2.75) is 19.9 Å². The molecule has 80 valence electrons. The molecule has 1 nitrogen and oxygen atoms in total. The summed E-state index contributed by atoms with van der Waals surface area (Å²) in [4.78, 5) is 0. The third-order valence-corrected chi connectivity index (χ3v) is 2.16. The number of hydrogen-bond acceptors (Lipinski definition) is 1. The first-order chi connectivity index (χ1) is 7.10. The molecule has 0 fully saturated rings. The van der Waals surface area contributed by atoms with Crippen molar-refractivity contribution >= 4 is 0 Å². The zero-order chi connectivity index (χ0) is 11.4. The zero-order valence-corrected chi connectivity index (χ0v) is 8.77. The normalized spacial score (nSPS) is 12.2. The van der Waals surface area contributed by atoms with Gasteiger partial charge in [0.15, 0.2) is 0 Å². The van der Waals surface area contributed by atoms with Crippen LogP contribution >= 0.6 is 0 Å². The van der Waals surface area contributed by atoms with Gasteiger partial charge in [-0.15, -0.1) is 6.42 Å². The average Bonchev–Trinajstić information content (AvgIpc) is 2.20. The van der Waals surface area contributed by atoms with Crippen molar-refractivity contribution in [2.75, 3.05) is 6.54 Å². The van der Waals surface area contributed by atoms with Crippen LogP contribution in [0.5, 0.6) is 0 Å². The molecule has 1 unspecified atom stereocenters. The molecule has 0 aliphatic rings. The van der Waals surface area contributed by atoms with Crippen LogP contribution in [0.15, 0.2) is 12.1 Å². The van der Waals surface area contributed by atoms with E-state index in [0.29, 0.717) is 17.7 Å². The van der Waals surface area contributed by atoms with Crippen LogP contribution < -0.4 is 5.32 Å². The second-order valence-electron chi connectivity index (χ2n) is 3.28. The maximum atomic E-state index is 13.4. The van der Waals surface area contributed by atoms with Gasteiger partial charge < -0.3 is 5.32 Å². The van der Waals surface area contributed by atoms with Gasteiger partial charge in [-0.3, -0.25) is 0 Å². The molecule has 0 amide bonds. The molecule has 0 radical (unpaired) electrons. The summed E-state index contributed by atoms with van der Waals surface area (Å²) in [5.41, 5.74) is 0.711. The maximum Gasteiger partial charge on any atom is 0.131 e. The molecule has 0 bridgehead atoms. The summed E-state index contributed by atoms with van der Waals surface area (Å²) in [6, 6.07) is 1.80. The molecule has 1 atom stereocenters. The van der Waals surface area contributed by atoms with Gasteiger partial charge in [0.2, 0.25) is 0 Å². The fraction of sp³-hybridized carbons (Fsp3) is 0.333. The lowest BCUT2D eigenvalue weighted by Crippen LogP contribution is -2.20. The van der Waals surface area contributed by atoms with Crippen LogP contribution in [0.1, 0.15) is 24.1 Å². The highest BCUT2D eigenvalue weighted by atomic mass is 19.1. The lowest BCUT2D eigenvalue weighted by Gasteiger charge is -2.13. The largest absolute Gasteiger partial charge is 0.300 e. The second-order valence-corrected chi connectivity index (χ2v) is 3.28. The molecule has 1 N–H and O–H groups in total. The predicted octanol–water partition coefficient (Wildman–Crippen LogP) is 2.56. The van der Waals surface area contributed by atoms with Crippen LogP contribution in [-0.4, -0.2) is 6.54 Å². The monoisotopic (exact) mass is 209 g/mol. The van der Waals surface area contributed by atoms with E-state index >= 15 is 0 Å². The van der Waals surface area contributed by atoms with Crippen molar-refractivity contribution in [3.63, 3.8) is 0 Å². The minimum Gasteiger partial charge on any atom is -0.300 e. The minimum absolute atomic E-state index is 0.318. The number of halogens is 2. The smallest absolute Gasteiger partial charge is 0.131 e. The van der Waals surface area contributed by atoms with Crippen molar-refractivity contribution in [3.8, 4) is 12.3 Å². The van der Waals surface area contributed by atoms with E-state index in [2.05, 4.69) is 11.2 Å². The SMILES string of the molecule is C#CC(NCC)c1cc(C)c(F)cc1F. The van der Waals surface area contributed by atoms with E-state index in [-0.39, 0.29) is 0 Å². The van der Waals surface area contributed by atoms with Gasteiger partial charge in [0.1, 0.15) is 11.6 Å². The number of hydrogen-bond donors (Lipinski definition) is 1. The second kappa shape index (κ2) is 4.90. The van der Waals surface area contributed by atoms with Gasteiger partial charge in [0.05, 0.1) is 6.04 Å². The number of terminal acetylenes is 1. The molecule has 0 saturated carbocycles. The Morgan fingerprint density at radius 3 is 2.60 bits per heavy atom. The summed E-state index contributed by atoms with van der Waals surface area (Å²) in [5, 5.41) is 2.94. The fourth-order valence-corrected chi connectivity index (χ4v) is 1.36. The van der Waals surface area contributed by atoms with Gasteiger partial charge in [-0.2, -0.15) is 0 Å². The maximum absolute atomic E-state index is 13.4. The van der Waals surface area contributed by atoms with E-state index in [1.165, 1.54) is 6.07 Å². The molecular formula is C12H13F2N. The quantitative estimate of drug-likeness (QED) is 0.754. The van der Waals surface area contributed by atoms with Gasteiger partial charge >= 0.3 is 0 Å². The summed E-state index contributed by atoms with van der Waals surface area (Å²) in [6.45, 7) is 4.08. The van der Waals surface area contributed by atoms with E-state index in [4.69, 9.17) is 6.42 Å². The highest BCUT2D eigenvalue weighted by Gasteiger charge is 2.14. The predicted molar refractivity (Wildman–Crippen MR) is 56.3 cm³/mol. The molecule has 1 rings (SSSR count). The van der Waals surface area contributed by atoms with Crippen LogP contribution in [0.2, 0.25) is 0 Å². The van der Waals surface area contributed by atoms with Gasteiger partial charge in [-0.05, 0) is 25.1 Å². The summed E-state index contributed by atoms with van der Waals surface area (Å²) < 4.78 is 26.4. The van der Waals surface area contributed by atoms with Crippen molar-refractivity contribution in [1.82, 2.24) is 5.32 Å². The van der Waals surface area contributed by atoms with E-state index in [9.17, 15) is 8.78 Å². The number of aryl methyl sites for hydroxylation is 1. The third-order valence-electron chi connectivity index (χ3n) is 2.16. The third kappa shape index (κ3) is 2.54. The first-order valence-corrected chi connectivity index (χ1v) is 4.75. The summed E-state index contributed by atoms with van der Waals surface area (Å²) in [7, 11) is 0.